The van der Waals surface area contributed by atoms with Crippen molar-refractivity contribution >= 4 is 5.91 Å². The maximum Gasteiger partial charge on any atom is 0.251 e. The van der Waals surface area contributed by atoms with E-state index in [9.17, 15) is 9.59 Å². The molecule has 0 unspecified atom stereocenters. The number of nitrogens with one attached hydrogen (secondary N) is 1. The molecule has 1 aliphatic rings. The van der Waals surface area contributed by atoms with Crippen LogP contribution in [0.25, 0.3) is 0 Å². The minimum atomic E-state index is -0.203. The number of rotatable bonds is 4. The first kappa shape index (κ1) is 13.8. The van der Waals surface area contributed by atoms with E-state index in [4.69, 9.17) is 4.74 Å². The zero-order chi connectivity index (χ0) is 13.7. The van der Waals surface area contributed by atoms with Crippen molar-refractivity contribution in [2.24, 2.45) is 7.05 Å². The van der Waals surface area contributed by atoms with Crippen molar-refractivity contribution < 1.29 is 9.53 Å². The monoisotopic (exact) mass is 265 g/mol. The number of carbonyl (C=O) groups is 1. The second-order valence-electron chi connectivity index (χ2n) is 4.57. The highest BCUT2D eigenvalue weighted by atomic mass is 16.5. The van der Waals surface area contributed by atoms with Gasteiger partial charge in [0.1, 0.15) is 0 Å². The summed E-state index contributed by atoms with van der Waals surface area (Å²) in [4.78, 5) is 25.5. The molecule has 1 aromatic rings. The van der Waals surface area contributed by atoms with E-state index in [-0.39, 0.29) is 11.5 Å². The molecular formula is C13H19N3O3. The molecule has 0 spiro atoms. The number of pyridine rings is 1. The summed E-state index contributed by atoms with van der Waals surface area (Å²) in [5.74, 6) is -0.203. The van der Waals surface area contributed by atoms with E-state index < -0.39 is 0 Å². The number of aryl methyl sites for hydroxylation is 1. The molecule has 6 nitrogen and oxygen atoms in total. The van der Waals surface area contributed by atoms with Crippen molar-refractivity contribution in [1.29, 1.82) is 0 Å². The van der Waals surface area contributed by atoms with E-state index in [2.05, 4.69) is 10.2 Å². The Morgan fingerprint density at radius 1 is 1.42 bits per heavy atom. The normalized spacial score (nSPS) is 16.3. The molecule has 19 heavy (non-hydrogen) atoms. The lowest BCUT2D eigenvalue weighted by Gasteiger charge is -2.26. The lowest BCUT2D eigenvalue weighted by molar-refractivity contribution is 0.0383. The molecule has 1 aromatic heterocycles. The first-order chi connectivity index (χ1) is 9.16. The van der Waals surface area contributed by atoms with Crippen LogP contribution >= 0.6 is 0 Å². The third-order valence-corrected chi connectivity index (χ3v) is 3.18. The molecule has 1 aliphatic heterocycles. The molecule has 0 aromatic carbocycles. The Hall–Kier alpha value is -1.66. The molecule has 1 amide bonds. The second-order valence-corrected chi connectivity index (χ2v) is 4.57. The van der Waals surface area contributed by atoms with Crippen LogP contribution in [-0.4, -0.2) is 54.8 Å². The zero-order valence-electron chi connectivity index (χ0n) is 11.1. The van der Waals surface area contributed by atoms with Crippen LogP contribution in [0.5, 0.6) is 0 Å². The van der Waals surface area contributed by atoms with Crippen molar-refractivity contribution in [3.63, 3.8) is 0 Å². The van der Waals surface area contributed by atoms with Crippen molar-refractivity contribution in [2.45, 2.75) is 0 Å². The van der Waals surface area contributed by atoms with Gasteiger partial charge in [0, 0.05) is 51.1 Å². The standard InChI is InChI=1S/C13H19N3O3/c1-15-4-2-11(10-12(15)17)13(18)14-3-5-16-6-8-19-9-7-16/h2,4,10H,3,5-9H2,1H3,(H,14,18). The van der Waals surface area contributed by atoms with E-state index in [1.165, 1.54) is 10.6 Å². The van der Waals surface area contributed by atoms with Crippen LogP contribution in [0.4, 0.5) is 0 Å². The molecule has 1 saturated heterocycles. The molecular weight excluding hydrogens is 246 g/mol. The van der Waals surface area contributed by atoms with Gasteiger partial charge in [-0.15, -0.1) is 0 Å². The fourth-order valence-corrected chi connectivity index (χ4v) is 1.94. The van der Waals surface area contributed by atoms with Gasteiger partial charge in [0.25, 0.3) is 11.5 Å². The Morgan fingerprint density at radius 3 is 2.84 bits per heavy atom. The number of amides is 1. The minimum absolute atomic E-state index is 0.180. The molecule has 0 saturated carbocycles. The Bertz CT molecular complexity index is 492. The summed E-state index contributed by atoms with van der Waals surface area (Å²) in [6.07, 6.45) is 1.60. The number of hydrogen-bond acceptors (Lipinski definition) is 4. The molecule has 0 bridgehead atoms. The fourth-order valence-electron chi connectivity index (χ4n) is 1.94. The van der Waals surface area contributed by atoms with Gasteiger partial charge in [0.05, 0.1) is 13.2 Å². The predicted octanol–water partition coefficient (Wildman–Crippen LogP) is -0.553. The van der Waals surface area contributed by atoms with Crippen LogP contribution in [0.15, 0.2) is 23.1 Å². The van der Waals surface area contributed by atoms with Gasteiger partial charge < -0.3 is 14.6 Å². The second kappa shape index (κ2) is 6.49. The van der Waals surface area contributed by atoms with E-state index in [1.807, 2.05) is 0 Å². The van der Waals surface area contributed by atoms with Gasteiger partial charge in [-0.05, 0) is 6.07 Å². The highest BCUT2D eigenvalue weighted by Crippen LogP contribution is 1.96. The maximum absolute atomic E-state index is 11.8. The Labute approximate surface area is 112 Å². The molecule has 2 rings (SSSR count). The van der Waals surface area contributed by atoms with E-state index in [0.29, 0.717) is 12.1 Å². The third-order valence-electron chi connectivity index (χ3n) is 3.18. The first-order valence-corrected chi connectivity index (χ1v) is 6.42. The molecule has 1 N–H and O–H groups in total. The van der Waals surface area contributed by atoms with E-state index >= 15 is 0 Å². The van der Waals surface area contributed by atoms with Gasteiger partial charge in [-0.2, -0.15) is 0 Å². The predicted molar refractivity (Wildman–Crippen MR) is 71.3 cm³/mol. The van der Waals surface area contributed by atoms with Crippen LogP contribution in [0.1, 0.15) is 10.4 Å². The Morgan fingerprint density at radius 2 is 2.16 bits per heavy atom. The summed E-state index contributed by atoms with van der Waals surface area (Å²) in [5, 5.41) is 2.82. The molecule has 104 valence electrons. The molecule has 0 atom stereocenters. The van der Waals surface area contributed by atoms with Gasteiger partial charge in [0.15, 0.2) is 0 Å². The van der Waals surface area contributed by atoms with Crippen molar-refractivity contribution in [3.05, 3.63) is 34.2 Å². The smallest absolute Gasteiger partial charge is 0.251 e. The molecule has 1 fully saturated rings. The summed E-state index contributed by atoms with van der Waals surface area (Å²) in [7, 11) is 1.66. The molecule has 0 radical (unpaired) electrons. The van der Waals surface area contributed by atoms with Crippen molar-refractivity contribution in [2.75, 3.05) is 39.4 Å². The first-order valence-electron chi connectivity index (χ1n) is 6.42. The number of aromatic nitrogens is 1. The Kier molecular flexibility index (Phi) is 4.70. The Balaban J connectivity index is 1.80. The molecule has 6 heteroatoms. The summed E-state index contributed by atoms with van der Waals surface area (Å²) < 4.78 is 6.69. The van der Waals surface area contributed by atoms with Gasteiger partial charge in [-0.25, -0.2) is 0 Å². The summed E-state index contributed by atoms with van der Waals surface area (Å²) >= 11 is 0. The average molecular weight is 265 g/mol. The van der Waals surface area contributed by atoms with Crippen LogP contribution in [0, 0.1) is 0 Å². The number of nitrogens with zero attached hydrogens (tertiary/aromatic N) is 2. The fraction of sp³-hybridized carbons (Fsp3) is 0.538. The minimum Gasteiger partial charge on any atom is -0.379 e. The largest absolute Gasteiger partial charge is 0.379 e. The average Bonchev–Trinajstić information content (AvgIpc) is 2.43. The quantitative estimate of drug-likeness (QED) is 0.793. The van der Waals surface area contributed by atoms with Gasteiger partial charge in [-0.1, -0.05) is 0 Å². The summed E-state index contributed by atoms with van der Waals surface area (Å²) in [6, 6.07) is 3.00. The van der Waals surface area contributed by atoms with E-state index in [1.54, 1.807) is 19.3 Å². The van der Waals surface area contributed by atoms with Crippen LogP contribution in [-0.2, 0) is 11.8 Å². The third kappa shape index (κ3) is 3.90. The van der Waals surface area contributed by atoms with E-state index in [0.717, 1.165) is 32.8 Å². The number of morpholine rings is 1. The van der Waals surface area contributed by atoms with Gasteiger partial charge in [-0.3, -0.25) is 14.5 Å². The highest BCUT2D eigenvalue weighted by molar-refractivity contribution is 5.93. The highest BCUT2D eigenvalue weighted by Gasteiger charge is 2.11. The lowest BCUT2D eigenvalue weighted by Crippen LogP contribution is -2.41. The van der Waals surface area contributed by atoms with Crippen LogP contribution < -0.4 is 10.9 Å². The van der Waals surface area contributed by atoms with Crippen molar-refractivity contribution in [1.82, 2.24) is 14.8 Å². The molecule has 0 aliphatic carbocycles. The number of ether oxygens (including phenoxy) is 1. The zero-order valence-corrected chi connectivity index (χ0v) is 11.1. The number of hydrogen-bond donors (Lipinski definition) is 1. The van der Waals surface area contributed by atoms with Crippen LogP contribution in [0.2, 0.25) is 0 Å². The van der Waals surface area contributed by atoms with Crippen LogP contribution in [0.3, 0.4) is 0 Å². The van der Waals surface area contributed by atoms with Gasteiger partial charge >= 0.3 is 0 Å². The lowest BCUT2D eigenvalue weighted by atomic mass is 10.2. The van der Waals surface area contributed by atoms with Crippen molar-refractivity contribution in [3.8, 4) is 0 Å². The maximum atomic E-state index is 11.8. The number of carbonyl (C=O) groups excluding carboxylic acids is 1. The van der Waals surface area contributed by atoms with Gasteiger partial charge in [0.2, 0.25) is 0 Å². The SMILES string of the molecule is Cn1ccc(C(=O)NCCN2CCOCC2)cc1=O. The molecule has 2 heterocycles. The topological polar surface area (TPSA) is 63.6 Å². The summed E-state index contributed by atoms with van der Waals surface area (Å²) in [6.45, 7) is 4.70. The summed E-state index contributed by atoms with van der Waals surface area (Å²) in [5.41, 5.74) is 0.228.